The van der Waals surface area contributed by atoms with Gasteiger partial charge in [0.05, 0.1) is 17.2 Å². The van der Waals surface area contributed by atoms with Crippen molar-refractivity contribution in [3.05, 3.63) is 60.7 Å². The van der Waals surface area contributed by atoms with Crippen molar-refractivity contribution in [3.63, 3.8) is 0 Å². The molecule has 2 aromatic heterocycles. The molecule has 100 valence electrons. The lowest BCUT2D eigenvalue weighted by molar-refractivity contribution is 0.243. The predicted octanol–water partition coefficient (Wildman–Crippen LogP) is 2.23. The molecule has 0 saturated carbocycles. The van der Waals surface area contributed by atoms with Gasteiger partial charge in [-0.25, -0.2) is 14.3 Å². The van der Waals surface area contributed by atoms with Crippen molar-refractivity contribution in [2.45, 2.75) is 6.42 Å². The highest BCUT2D eigenvalue weighted by Gasteiger charge is 2.08. The molecule has 2 heterocycles. The standard InChI is InChI=1S/C15H14N4O/c20-15(17-9-6-12-4-2-1-3-5-12)19-11-18-13-7-8-16-10-14(13)19/h1-5,7-8,10-11H,6,9H2,(H,17,20). The molecule has 5 heteroatoms. The third-order valence-electron chi connectivity index (χ3n) is 3.10. The molecule has 5 nitrogen and oxygen atoms in total. The van der Waals surface area contributed by atoms with Crippen LogP contribution in [-0.2, 0) is 6.42 Å². The molecular weight excluding hydrogens is 252 g/mol. The second-order valence-electron chi connectivity index (χ2n) is 4.45. The Morgan fingerprint density at radius 2 is 2.05 bits per heavy atom. The first-order valence-electron chi connectivity index (χ1n) is 6.44. The lowest BCUT2D eigenvalue weighted by Gasteiger charge is -2.06. The first kappa shape index (κ1) is 12.3. The van der Waals surface area contributed by atoms with Gasteiger partial charge in [0.2, 0.25) is 0 Å². The number of aromatic nitrogens is 3. The van der Waals surface area contributed by atoms with Crippen LogP contribution >= 0.6 is 0 Å². The summed E-state index contributed by atoms with van der Waals surface area (Å²) in [4.78, 5) is 20.3. The Labute approximate surface area is 116 Å². The molecule has 0 saturated heterocycles. The summed E-state index contributed by atoms with van der Waals surface area (Å²) in [6, 6.07) is 11.6. The number of imidazole rings is 1. The van der Waals surface area contributed by atoms with Gasteiger partial charge in [-0.1, -0.05) is 30.3 Å². The molecule has 1 aromatic carbocycles. The van der Waals surface area contributed by atoms with Crippen LogP contribution in [0.2, 0.25) is 0 Å². The van der Waals surface area contributed by atoms with Gasteiger partial charge in [-0.2, -0.15) is 0 Å². The monoisotopic (exact) mass is 266 g/mol. The molecule has 0 unspecified atom stereocenters. The van der Waals surface area contributed by atoms with Crippen molar-refractivity contribution in [3.8, 4) is 0 Å². The predicted molar refractivity (Wildman–Crippen MR) is 76.5 cm³/mol. The Balaban J connectivity index is 1.65. The largest absolute Gasteiger partial charge is 0.337 e. The van der Waals surface area contributed by atoms with Gasteiger partial charge in [-0.15, -0.1) is 0 Å². The van der Waals surface area contributed by atoms with Crippen LogP contribution in [-0.4, -0.2) is 27.1 Å². The Kier molecular flexibility index (Phi) is 3.41. The zero-order chi connectivity index (χ0) is 13.8. The van der Waals surface area contributed by atoms with E-state index in [1.807, 2.05) is 30.3 Å². The van der Waals surface area contributed by atoms with Crippen LogP contribution in [0.5, 0.6) is 0 Å². The number of hydrogen-bond acceptors (Lipinski definition) is 3. The van der Waals surface area contributed by atoms with Crippen LogP contribution in [0.1, 0.15) is 5.56 Å². The summed E-state index contributed by atoms with van der Waals surface area (Å²) in [6.45, 7) is 0.586. The lowest BCUT2D eigenvalue weighted by atomic mass is 10.1. The number of rotatable bonds is 3. The van der Waals surface area contributed by atoms with E-state index in [-0.39, 0.29) is 6.03 Å². The summed E-state index contributed by atoms with van der Waals surface area (Å²) in [5, 5.41) is 2.88. The minimum atomic E-state index is -0.184. The van der Waals surface area contributed by atoms with Crippen molar-refractivity contribution in [2.24, 2.45) is 0 Å². The molecule has 0 atom stereocenters. The van der Waals surface area contributed by atoms with E-state index >= 15 is 0 Å². The fraction of sp³-hybridized carbons (Fsp3) is 0.133. The molecule has 1 N–H and O–H groups in total. The minimum absolute atomic E-state index is 0.184. The highest BCUT2D eigenvalue weighted by atomic mass is 16.2. The zero-order valence-corrected chi connectivity index (χ0v) is 10.9. The second kappa shape index (κ2) is 5.52. The van der Waals surface area contributed by atoms with Crippen LogP contribution in [0, 0.1) is 0 Å². The first-order chi connectivity index (χ1) is 9.84. The van der Waals surface area contributed by atoms with E-state index in [0.29, 0.717) is 12.1 Å². The Bertz CT molecular complexity index is 721. The molecule has 0 fully saturated rings. The fourth-order valence-electron chi connectivity index (χ4n) is 2.06. The summed E-state index contributed by atoms with van der Waals surface area (Å²) in [6.07, 6.45) is 5.62. The van der Waals surface area contributed by atoms with Gasteiger partial charge >= 0.3 is 6.03 Å². The number of nitrogens with zero attached hydrogens (tertiary/aromatic N) is 3. The molecule has 0 spiro atoms. The molecule has 0 aliphatic carbocycles. The van der Waals surface area contributed by atoms with Gasteiger partial charge in [0.1, 0.15) is 6.33 Å². The smallest absolute Gasteiger partial charge is 0.327 e. The van der Waals surface area contributed by atoms with Crippen LogP contribution in [0.25, 0.3) is 11.0 Å². The molecule has 3 rings (SSSR count). The van der Waals surface area contributed by atoms with Gasteiger partial charge in [-0.3, -0.25) is 4.98 Å². The highest BCUT2D eigenvalue weighted by Crippen LogP contribution is 2.09. The average molecular weight is 266 g/mol. The zero-order valence-electron chi connectivity index (χ0n) is 10.9. The number of fused-ring (bicyclic) bond motifs is 1. The molecule has 0 bridgehead atoms. The Hall–Kier alpha value is -2.69. The van der Waals surface area contributed by atoms with Crippen molar-refractivity contribution in [2.75, 3.05) is 6.54 Å². The van der Waals surface area contributed by atoms with Crippen LogP contribution in [0.3, 0.4) is 0 Å². The van der Waals surface area contributed by atoms with Crippen LogP contribution < -0.4 is 5.32 Å². The highest BCUT2D eigenvalue weighted by molar-refractivity contribution is 5.88. The Morgan fingerprint density at radius 1 is 1.20 bits per heavy atom. The van der Waals surface area contributed by atoms with E-state index in [0.717, 1.165) is 11.9 Å². The van der Waals surface area contributed by atoms with Crippen molar-refractivity contribution in [1.82, 2.24) is 19.9 Å². The van der Waals surface area contributed by atoms with Crippen LogP contribution in [0.15, 0.2) is 55.1 Å². The first-order valence-corrected chi connectivity index (χ1v) is 6.44. The maximum absolute atomic E-state index is 12.1. The van der Waals surface area contributed by atoms with Gasteiger partial charge in [-0.05, 0) is 18.1 Å². The average Bonchev–Trinajstić information content (AvgIpc) is 2.92. The number of amides is 1. The molecule has 20 heavy (non-hydrogen) atoms. The fourth-order valence-corrected chi connectivity index (χ4v) is 2.06. The molecule has 3 aromatic rings. The SMILES string of the molecule is O=C(NCCc1ccccc1)n1cnc2ccncc21. The van der Waals surface area contributed by atoms with Crippen molar-refractivity contribution in [1.29, 1.82) is 0 Å². The third-order valence-corrected chi connectivity index (χ3v) is 3.10. The van der Waals surface area contributed by atoms with Gasteiger partial charge < -0.3 is 5.32 Å². The number of benzene rings is 1. The number of carbonyl (C=O) groups is 1. The molecule has 1 amide bonds. The van der Waals surface area contributed by atoms with E-state index in [1.165, 1.54) is 16.5 Å². The minimum Gasteiger partial charge on any atom is -0.337 e. The van der Waals surface area contributed by atoms with Gasteiger partial charge in [0, 0.05) is 12.7 Å². The lowest BCUT2D eigenvalue weighted by Crippen LogP contribution is -2.29. The maximum Gasteiger partial charge on any atom is 0.327 e. The summed E-state index contributed by atoms with van der Waals surface area (Å²) in [5.41, 5.74) is 2.67. The molecule has 0 radical (unpaired) electrons. The molecule has 0 aliphatic heterocycles. The second-order valence-corrected chi connectivity index (χ2v) is 4.45. The topological polar surface area (TPSA) is 59.8 Å². The number of carbonyl (C=O) groups excluding carboxylic acids is 1. The van der Waals surface area contributed by atoms with Crippen molar-refractivity contribution < 1.29 is 4.79 Å². The summed E-state index contributed by atoms with van der Waals surface area (Å²) in [5.74, 6) is 0. The van der Waals surface area contributed by atoms with Crippen LogP contribution in [0.4, 0.5) is 4.79 Å². The van der Waals surface area contributed by atoms with Gasteiger partial charge in [0.25, 0.3) is 0 Å². The molecule has 0 aliphatic rings. The van der Waals surface area contributed by atoms with E-state index < -0.39 is 0 Å². The Morgan fingerprint density at radius 3 is 2.90 bits per heavy atom. The summed E-state index contributed by atoms with van der Waals surface area (Å²) >= 11 is 0. The number of pyridine rings is 1. The van der Waals surface area contributed by atoms with E-state index in [9.17, 15) is 4.79 Å². The summed E-state index contributed by atoms with van der Waals surface area (Å²) in [7, 11) is 0. The number of hydrogen-bond donors (Lipinski definition) is 1. The van der Waals surface area contributed by atoms with E-state index in [4.69, 9.17) is 0 Å². The van der Waals surface area contributed by atoms with E-state index in [2.05, 4.69) is 15.3 Å². The van der Waals surface area contributed by atoms with Gasteiger partial charge in [0.15, 0.2) is 0 Å². The van der Waals surface area contributed by atoms with Crippen molar-refractivity contribution >= 4 is 17.1 Å². The molecular formula is C15H14N4O. The summed E-state index contributed by atoms with van der Waals surface area (Å²) < 4.78 is 1.48. The quantitative estimate of drug-likeness (QED) is 0.790. The normalized spacial score (nSPS) is 10.6. The number of nitrogens with one attached hydrogen (secondary N) is 1. The maximum atomic E-state index is 12.1. The third kappa shape index (κ3) is 2.51. The van der Waals surface area contributed by atoms with E-state index in [1.54, 1.807) is 18.5 Å².